The van der Waals surface area contributed by atoms with Crippen LogP contribution in [0.4, 0.5) is 33.7 Å². The maximum atomic E-state index is 14.6. The lowest BCUT2D eigenvalue weighted by Gasteiger charge is -2.13. The van der Waals surface area contributed by atoms with Crippen molar-refractivity contribution in [1.82, 2.24) is 9.97 Å². The predicted octanol–water partition coefficient (Wildman–Crippen LogP) is 6.75. The van der Waals surface area contributed by atoms with Crippen molar-refractivity contribution in [3.63, 3.8) is 0 Å². The number of rotatable bonds is 4. The van der Waals surface area contributed by atoms with Gasteiger partial charge in [0.2, 0.25) is 0 Å². The van der Waals surface area contributed by atoms with Gasteiger partial charge in [-0.15, -0.1) is 0 Å². The number of urea groups is 1. The van der Waals surface area contributed by atoms with Crippen LogP contribution in [0.5, 0.6) is 11.5 Å². The van der Waals surface area contributed by atoms with E-state index in [1.807, 2.05) is 6.07 Å². The third kappa shape index (κ3) is 5.56. The van der Waals surface area contributed by atoms with Crippen molar-refractivity contribution in [2.45, 2.75) is 6.18 Å². The number of fused-ring (bicyclic) bond motifs is 1. The average Bonchev–Trinajstić information content (AvgIpc) is 2.81. The molecule has 2 N–H and O–H groups in total. The van der Waals surface area contributed by atoms with Gasteiger partial charge in [0.15, 0.2) is 17.3 Å². The lowest BCUT2D eigenvalue weighted by molar-refractivity contribution is -0.137. The Hall–Kier alpha value is -4.43. The fraction of sp³-hybridized carbons (Fsp3) is 0.0435. The molecular weight excluding hydrogens is 490 g/mol. The van der Waals surface area contributed by atoms with Crippen molar-refractivity contribution in [3.8, 4) is 17.6 Å². The fourth-order valence-electron chi connectivity index (χ4n) is 3.01. The van der Waals surface area contributed by atoms with Gasteiger partial charge in [-0.25, -0.2) is 14.2 Å². The number of carbonyl (C=O) groups excluding carboxylic acids is 1. The quantitative estimate of drug-likeness (QED) is 0.301. The molecule has 0 bridgehead atoms. The van der Waals surface area contributed by atoms with Gasteiger partial charge in [-0.2, -0.15) is 18.4 Å². The SMILES string of the molecule is N#Cc1cnc2ccc(Oc3ccc(NC(=O)Nc4ccc(Cl)c(C(F)(F)F)c4)cc3F)cc2n1. The van der Waals surface area contributed by atoms with Gasteiger partial charge in [0.05, 0.1) is 27.8 Å². The first kappa shape index (κ1) is 23.7. The van der Waals surface area contributed by atoms with Crippen molar-refractivity contribution in [2.75, 3.05) is 10.6 Å². The van der Waals surface area contributed by atoms with Crippen molar-refractivity contribution in [3.05, 3.63) is 82.9 Å². The Kier molecular flexibility index (Phi) is 6.40. The molecule has 7 nitrogen and oxygen atoms in total. The number of anilines is 2. The summed E-state index contributed by atoms with van der Waals surface area (Å²) in [6, 6.07) is 12.1. The molecule has 4 aromatic rings. The Morgan fingerprint density at radius 3 is 2.40 bits per heavy atom. The summed E-state index contributed by atoms with van der Waals surface area (Å²) in [5.41, 5.74) is -0.215. The second-order valence-electron chi connectivity index (χ2n) is 7.04. The first-order valence-electron chi connectivity index (χ1n) is 9.71. The number of carbonyl (C=O) groups is 1. The van der Waals surface area contributed by atoms with E-state index in [0.717, 1.165) is 12.1 Å². The highest BCUT2D eigenvalue weighted by molar-refractivity contribution is 6.31. The van der Waals surface area contributed by atoms with Crippen LogP contribution in [0.3, 0.4) is 0 Å². The monoisotopic (exact) mass is 501 g/mol. The number of hydrogen-bond acceptors (Lipinski definition) is 5. The minimum absolute atomic E-state index is 0.0281. The summed E-state index contributed by atoms with van der Waals surface area (Å²) in [6.07, 6.45) is -3.37. The number of nitriles is 1. The number of ether oxygens (including phenoxy) is 1. The van der Waals surface area contributed by atoms with E-state index in [1.165, 1.54) is 30.5 Å². The summed E-state index contributed by atoms with van der Waals surface area (Å²) in [5, 5.41) is 13.0. The molecule has 0 fully saturated rings. The van der Waals surface area contributed by atoms with E-state index in [1.54, 1.807) is 12.1 Å². The number of alkyl halides is 3. The van der Waals surface area contributed by atoms with Gasteiger partial charge in [-0.3, -0.25) is 4.98 Å². The molecule has 0 aliphatic carbocycles. The van der Waals surface area contributed by atoms with Crippen LogP contribution < -0.4 is 15.4 Å². The lowest BCUT2D eigenvalue weighted by Crippen LogP contribution is -2.20. The van der Waals surface area contributed by atoms with Gasteiger partial charge in [-0.05, 0) is 42.5 Å². The van der Waals surface area contributed by atoms with E-state index in [4.69, 9.17) is 21.6 Å². The largest absolute Gasteiger partial charge is 0.454 e. The zero-order valence-electron chi connectivity index (χ0n) is 17.3. The second kappa shape index (κ2) is 9.44. The molecule has 0 atom stereocenters. The van der Waals surface area contributed by atoms with E-state index in [0.29, 0.717) is 17.1 Å². The lowest BCUT2D eigenvalue weighted by atomic mass is 10.2. The van der Waals surface area contributed by atoms with Crippen LogP contribution in [-0.2, 0) is 6.18 Å². The zero-order chi connectivity index (χ0) is 25.2. The molecule has 0 aliphatic rings. The predicted molar refractivity (Wildman–Crippen MR) is 120 cm³/mol. The molecule has 1 heterocycles. The zero-order valence-corrected chi connectivity index (χ0v) is 18.1. The number of halogens is 5. The highest BCUT2D eigenvalue weighted by atomic mass is 35.5. The van der Waals surface area contributed by atoms with Crippen LogP contribution in [-0.4, -0.2) is 16.0 Å². The first-order valence-corrected chi connectivity index (χ1v) is 10.1. The molecular formula is C23H12ClF4N5O2. The Morgan fingerprint density at radius 2 is 1.71 bits per heavy atom. The number of aromatic nitrogens is 2. The molecule has 3 aromatic carbocycles. The number of nitrogens with one attached hydrogen (secondary N) is 2. The minimum atomic E-state index is -4.69. The Labute approximate surface area is 199 Å². The van der Waals surface area contributed by atoms with Crippen LogP contribution in [0.2, 0.25) is 5.02 Å². The molecule has 0 unspecified atom stereocenters. The van der Waals surface area contributed by atoms with Gasteiger partial charge >= 0.3 is 12.2 Å². The summed E-state index contributed by atoms with van der Waals surface area (Å²) in [4.78, 5) is 20.4. The third-order valence-corrected chi connectivity index (χ3v) is 4.91. The number of benzene rings is 3. The molecule has 2 amide bonds. The molecule has 1 aromatic heterocycles. The Bertz CT molecular complexity index is 1490. The van der Waals surface area contributed by atoms with E-state index < -0.39 is 28.6 Å². The molecule has 0 aliphatic heterocycles. The molecule has 35 heavy (non-hydrogen) atoms. The number of amides is 2. The highest BCUT2D eigenvalue weighted by Crippen LogP contribution is 2.36. The Morgan fingerprint density at radius 1 is 1.00 bits per heavy atom. The van der Waals surface area contributed by atoms with Crippen LogP contribution in [0.25, 0.3) is 11.0 Å². The van der Waals surface area contributed by atoms with E-state index in [2.05, 4.69) is 20.6 Å². The minimum Gasteiger partial charge on any atom is -0.454 e. The van der Waals surface area contributed by atoms with Gasteiger partial charge < -0.3 is 15.4 Å². The van der Waals surface area contributed by atoms with E-state index in [9.17, 15) is 22.4 Å². The number of nitrogens with zero attached hydrogens (tertiary/aromatic N) is 3. The summed E-state index contributed by atoms with van der Waals surface area (Å²) in [7, 11) is 0. The molecule has 0 radical (unpaired) electrons. The molecule has 0 saturated carbocycles. The smallest absolute Gasteiger partial charge is 0.417 e. The molecule has 4 rings (SSSR count). The summed E-state index contributed by atoms with van der Waals surface area (Å²) in [6.45, 7) is 0. The average molecular weight is 502 g/mol. The third-order valence-electron chi connectivity index (χ3n) is 4.58. The topological polar surface area (TPSA) is 99.9 Å². The normalized spacial score (nSPS) is 11.1. The van der Waals surface area contributed by atoms with Gasteiger partial charge in [0.25, 0.3) is 0 Å². The van der Waals surface area contributed by atoms with Crippen molar-refractivity contribution in [1.29, 1.82) is 5.26 Å². The molecule has 176 valence electrons. The van der Waals surface area contributed by atoms with Crippen LogP contribution in [0, 0.1) is 17.1 Å². The molecule has 12 heteroatoms. The maximum Gasteiger partial charge on any atom is 0.417 e. The van der Waals surface area contributed by atoms with Crippen molar-refractivity contribution < 1.29 is 27.1 Å². The van der Waals surface area contributed by atoms with Crippen molar-refractivity contribution >= 4 is 40.0 Å². The summed E-state index contributed by atoms with van der Waals surface area (Å²) >= 11 is 5.56. The second-order valence-corrected chi connectivity index (χ2v) is 7.44. The highest BCUT2D eigenvalue weighted by Gasteiger charge is 2.33. The first-order chi connectivity index (χ1) is 16.6. The summed E-state index contributed by atoms with van der Waals surface area (Å²) in [5.74, 6) is -0.736. The van der Waals surface area contributed by atoms with Crippen LogP contribution in [0.15, 0.2) is 60.8 Å². The summed E-state index contributed by atoms with van der Waals surface area (Å²) < 4.78 is 59.0. The van der Waals surface area contributed by atoms with Crippen LogP contribution in [0.1, 0.15) is 11.3 Å². The van der Waals surface area contributed by atoms with E-state index >= 15 is 0 Å². The van der Waals surface area contributed by atoms with Crippen LogP contribution >= 0.6 is 11.6 Å². The Balaban J connectivity index is 1.45. The van der Waals surface area contributed by atoms with Crippen molar-refractivity contribution in [2.24, 2.45) is 0 Å². The van der Waals surface area contributed by atoms with Gasteiger partial charge in [0, 0.05) is 23.5 Å². The van der Waals surface area contributed by atoms with Gasteiger partial charge in [-0.1, -0.05) is 11.6 Å². The maximum absolute atomic E-state index is 14.6. The fourth-order valence-corrected chi connectivity index (χ4v) is 3.24. The van der Waals surface area contributed by atoms with E-state index in [-0.39, 0.29) is 28.6 Å². The standard InChI is InChI=1S/C23H12ClF4N5O2/c24-17-4-1-12(7-16(17)23(26,27)28)32-22(34)33-13-2-6-21(18(25)8-13)35-15-3-5-19-20(9-15)31-14(10-29)11-30-19/h1-9,11H,(H2,32,33,34). The molecule has 0 spiro atoms. The molecule has 0 saturated heterocycles. The van der Waals surface area contributed by atoms with Gasteiger partial charge in [0.1, 0.15) is 11.8 Å². The number of hydrogen-bond donors (Lipinski definition) is 2.